The Hall–Kier alpha value is -3.23. The maximum Gasteiger partial charge on any atom is 0.262 e. The maximum absolute atomic E-state index is 12.8. The summed E-state index contributed by atoms with van der Waals surface area (Å²) in [5, 5.41) is 12.8. The molecule has 0 unspecified atom stereocenters. The predicted octanol–water partition coefficient (Wildman–Crippen LogP) is 3.04. The standard InChI is InChI=1S/C22H23N3O4S/c1-22(2,27)17-11-9-16(10-12-17)14-24-21(26)19-7-3-4-8-20(19)30(28,29)25-18-6-5-13-23-15-18/h3-13,15,25,27H,14H2,1-2H3,(H,24,26). The van der Waals surface area contributed by atoms with Gasteiger partial charge < -0.3 is 10.4 Å². The Labute approximate surface area is 175 Å². The van der Waals surface area contributed by atoms with Crippen molar-refractivity contribution in [2.75, 3.05) is 4.72 Å². The molecule has 2 aromatic carbocycles. The zero-order valence-corrected chi connectivity index (χ0v) is 17.5. The van der Waals surface area contributed by atoms with Crippen molar-refractivity contribution in [3.63, 3.8) is 0 Å². The van der Waals surface area contributed by atoms with Crippen LogP contribution in [0.4, 0.5) is 5.69 Å². The Balaban J connectivity index is 1.76. The Morgan fingerprint density at radius 1 is 1.03 bits per heavy atom. The Morgan fingerprint density at radius 2 is 1.73 bits per heavy atom. The number of nitrogens with one attached hydrogen (secondary N) is 2. The molecule has 0 bridgehead atoms. The predicted molar refractivity (Wildman–Crippen MR) is 114 cm³/mol. The van der Waals surface area contributed by atoms with Crippen molar-refractivity contribution in [2.45, 2.75) is 30.9 Å². The smallest absolute Gasteiger partial charge is 0.262 e. The second-order valence-electron chi connectivity index (χ2n) is 7.28. The van der Waals surface area contributed by atoms with E-state index < -0.39 is 21.5 Å². The molecule has 30 heavy (non-hydrogen) atoms. The van der Waals surface area contributed by atoms with Gasteiger partial charge in [0.1, 0.15) is 4.90 Å². The number of carbonyl (C=O) groups excluding carboxylic acids is 1. The average Bonchev–Trinajstić information content (AvgIpc) is 2.72. The lowest BCUT2D eigenvalue weighted by molar-refractivity contribution is 0.0785. The molecule has 0 radical (unpaired) electrons. The molecule has 1 amide bonds. The fourth-order valence-corrected chi connectivity index (χ4v) is 4.08. The third kappa shape index (κ3) is 5.22. The number of benzene rings is 2. The molecule has 0 aliphatic carbocycles. The summed E-state index contributed by atoms with van der Waals surface area (Å²) < 4.78 is 28.0. The van der Waals surface area contributed by atoms with Crippen molar-refractivity contribution in [3.8, 4) is 0 Å². The molecule has 0 aliphatic heterocycles. The first-order valence-corrected chi connectivity index (χ1v) is 10.8. The highest BCUT2D eigenvalue weighted by molar-refractivity contribution is 7.92. The van der Waals surface area contributed by atoms with Crippen LogP contribution >= 0.6 is 0 Å². The molecule has 1 heterocycles. The minimum absolute atomic E-state index is 0.0435. The van der Waals surface area contributed by atoms with Crippen LogP contribution in [0.5, 0.6) is 0 Å². The number of aromatic nitrogens is 1. The van der Waals surface area contributed by atoms with E-state index >= 15 is 0 Å². The van der Waals surface area contributed by atoms with Gasteiger partial charge in [0, 0.05) is 12.7 Å². The number of hydrogen-bond donors (Lipinski definition) is 3. The zero-order valence-electron chi connectivity index (χ0n) is 16.7. The molecule has 0 aliphatic rings. The highest BCUT2D eigenvalue weighted by atomic mass is 32.2. The van der Waals surface area contributed by atoms with Gasteiger partial charge in [0.2, 0.25) is 0 Å². The van der Waals surface area contributed by atoms with Gasteiger partial charge >= 0.3 is 0 Å². The SMILES string of the molecule is CC(C)(O)c1ccc(CNC(=O)c2ccccc2S(=O)(=O)Nc2cccnc2)cc1. The van der Waals surface area contributed by atoms with Gasteiger partial charge in [-0.1, -0.05) is 36.4 Å². The summed E-state index contributed by atoms with van der Waals surface area (Å²) >= 11 is 0. The van der Waals surface area contributed by atoms with Crippen LogP contribution in [0.1, 0.15) is 35.3 Å². The van der Waals surface area contributed by atoms with Gasteiger partial charge in [-0.3, -0.25) is 14.5 Å². The normalized spacial score (nSPS) is 11.7. The van der Waals surface area contributed by atoms with Gasteiger partial charge in [0.25, 0.3) is 15.9 Å². The van der Waals surface area contributed by atoms with Crippen LogP contribution in [-0.2, 0) is 22.2 Å². The van der Waals surface area contributed by atoms with E-state index in [0.717, 1.165) is 11.1 Å². The van der Waals surface area contributed by atoms with E-state index in [-0.39, 0.29) is 17.0 Å². The molecule has 0 fully saturated rings. The quantitative estimate of drug-likeness (QED) is 0.539. The van der Waals surface area contributed by atoms with Gasteiger partial charge in [0.05, 0.1) is 23.0 Å². The van der Waals surface area contributed by atoms with Crippen molar-refractivity contribution in [2.24, 2.45) is 0 Å². The van der Waals surface area contributed by atoms with Crippen LogP contribution < -0.4 is 10.0 Å². The second-order valence-corrected chi connectivity index (χ2v) is 8.93. The number of nitrogens with zero attached hydrogens (tertiary/aromatic N) is 1. The van der Waals surface area contributed by atoms with Crippen molar-refractivity contribution >= 4 is 21.6 Å². The molecular weight excluding hydrogens is 402 g/mol. The molecule has 0 atom stereocenters. The molecule has 3 aromatic rings. The van der Waals surface area contributed by atoms with E-state index in [2.05, 4.69) is 15.0 Å². The van der Waals surface area contributed by atoms with Crippen molar-refractivity contribution < 1.29 is 18.3 Å². The summed E-state index contributed by atoms with van der Waals surface area (Å²) in [4.78, 5) is 16.5. The summed E-state index contributed by atoms with van der Waals surface area (Å²) in [6, 6.07) is 16.4. The average molecular weight is 426 g/mol. The number of hydrogen-bond acceptors (Lipinski definition) is 5. The maximum atomic E-state index is 12.8. The van der Waals surface area contributed by atoms with Crippen molar-refractivity contribution in [3.05, 3.63) is 89.7 Å². The topological polar surface area (TPSA) is 108 Å². The number of aliphatic hydroxyl groups is 1. The highest BCUT2D eigenvalue weighted by Crippen LogP contribution is 2.21. The van der Waals surface area contributed by atoms with E-state index in [0.29, 0.717) is 5.69 Å². The summed E-state index contributed by atoms with van der Waals surface area (Å²) in [6.07, 6.45) is 2.92. The van der Waals surface area contributed by atoms with Gasteiger partial charge in [0.15, 0.2) is 0 Å². The second kappa shape index (κ2) is 8.64. The van der Waals surface area contributed by atoms with Gasteiger partial charge in [-0.15, -0.1) is 0 Å². The summed E-state index contributed by atoms with van der Waals surface area (Å²) in [5.74, 6) is -0.506. The summed E-state index contributed by atoms with van der Waals surface area (Å²) in [6.45, 7) is 3.61. The van der Waals surface area contributed by atoms with Crippen LogP contribution in [0.2, 0.25) is 0 Å². The minimum atomic E-state index is -3.97. The first-order valence-electron chi connectivity index (χ1n) is 9.29. The molecule has 0 spiro atoms. The van der Waals surface area contributed by atoms with E-state index in [4.69, 9.17) is 0 Å². The molecule has 8 heteroatoms. The Morgan fingerprint density at radius 3 is 2.37 bits per heavy atom. The Kier molecular flexibility index (Phi) is 6.19. The van der Waals surface area contributed by atoms with Gasteiger partial charge in [-0.05, 0) is 49.2 Å². The Bertz CT molecular complexity index is 1120. The van der Waals surface area contributed by atoms with Gasteiger partial charge in [-0.25, -0.2) is 8.42 Å². The molecule has 156 valence electrons. The van der Waals surface area contributed by atoms with Crippen LogP contribution in [0.3, 0.4) is 0 Å². The van der Waals surface area contributed by atoms with E-state index in [1.54, 1.807) is 62.4 Å². The lowest BCUT2D eigenvalue weighted by Crippen LogP contribution is -2.26. The minimum Gasteiger partial charge on any atom is -0.386 e. The molecule has 0 saturated carbocycles. The zero-order chi connectivity index (χ0) is 21.8. The van der Waals surface area contributed by atoms with Crippen LogP contribution in [-0.4, -0.2) is 24.4 Å². The largest absolute Gasteiger partial charge is 0.386 e. The number of pyridine rings is 1. The van der Waals surface area contributed by atoms with E-state index in [1.807, 2.05) is 0 Å². The molecule has 3 N–H and O–H groups in total. The van der Waals surface area contributed by atoms with Crippen LogP contribution in [0.15, 0.2) is 78.0 Å². The molecular formula is C22H23N3O4S. The molecule has 0 saturated heterocycles. The molecule has 7 nitrogen and oxygen atoms in total. The third-order valence-electron chi connectivity index (χ3n) is 4.45. The number of amides is 1. The summed E-state index contributed by atoms with van der Waals surface area (Å²) in [7, 11) is -3.97. The third-order valence-corrected chi connectivity index (χ3v) is 5.89. The first-order chi connectivity index (χ1) is 14.2. The van der Waals surface area contributed by atoms with Crippen LogP contribution in [0.25, 0.3) is 0 Å². The first kappa shape index (κ1) is 21.5. The lowest BCUT2D eigenvalue weighted by atomic mass is 9.97. The lowest BCUT2D eigenvalue weighted by Gasteiger charge is -2.18. The summed E-state index contributed by atoms with van der Waals surface area (Å²) in [5.41, 5.74) is 0.985. The fourth-order valence-electron chi connectivity index (χ4n) is 2.83. The number of rotatable bonds is 7. The number of anilines is 1. The van der Waals surface area contributed by atoms with Gasteiger partial charge in [-0.2, -0.15) is 0 Å². The monoisotopic (exact) mass is 425 g/mol. The highest BCUT2D eigenvalue weighted by Gasteiger charge is 2.22. The van der Waals surface area contributed by atoms with Crippen molar-refractivity contribution in [1.29, 1.82) is 0 Å². The van der Waals surface area contributed by atoms with Crippen molar-refractivity contribution in [1.82, 2.24) is 10.3 Å². The number of sulfonamides is 1. The van der Waals surface area contributed by atoms with Crippen LogP contribution in [0, 0.1) is 0 Å². The molecule has 3 rings (SSSR count). The van der Waals surface area contributed by atoms with E-state index in [9.17, 15) is 18.3 Å². The van der Waals surface area contributed by atoms with E-state index in [1.165, 1.54) is 24.5 Å². The number of carbonyl (C=O) groups is 1. The molecule has 1 aromatic heterocycles. The fraction of sp³-hybridized carbons (Fsp3) is 0.182.